The molecule has 3 rings (SSSR count). The van der Waals surface area contributed by atoms with E-state index in [2.05, 4.69) is 16.4 Å². The van der Waals surface area contributed by atoms with Gasteiger partial charge in [-0.15, -0.1) is 11.3 Å². The molecule has 2 aromatic carbocycles. The molecule has 0 atom stereocenters. The lowest BCUT2D eigenvalue weighted by molar-refractivity contribution is 0.466. The molecule has 0 fully saturated rings. The third-order valence-electron chi connectivity index (χ3n) is 3.26. The molecule has 1 heterocycles. The first-order valence-corrected chi connectivity index (χ1v) is 7.43. The summed E-state index contributed by atoms with van der Waals surface area (Å²) in [5, 5.41) is 18.8. The second-order valence-electron chi connectivity index (χ2n) is 4.77. The van der Waals surface area contributed by atoms with Crippen LogP contribution in [0.4, 0.5) is 0 Å². The van der Waals surface area contributed by atoms with Crippen molar-refractivity contribution < 1.29 is 5.11 Å². The van der Waals surface area contributed by atoms with Gasteiger partial charge in [0.05, 0.1) is 0 Å². The zero-order valence-corrected chi connectivity index (χ0v) is 12.1. The molecule has 0 aliphatic rings. The summed E-state index contributed by atoms with van der Waals surface area (Å²) in [6.07, 6.45) is 0. The largest absolute Gasteiger partial charge is 0.508 e. The Balaban J connectivity index is 1.78. The van der Waals surface area contributed by atoms with Gasteiger partial charge in [0.15, 0.2) is 0 Å². The molecule has 0 radical (unpaired) electrons. The Hall–Kier alpha value is -1.91. The van der Waals surface area contributed by atoms with Gasteiger partial charge in [-0.05, 0) is 23.8 Å². The number of aromatic nitrogens is 1. The molecule has 102 valence electrons. The van der Waals surface area contributed by atoms with Crippen molar-refractivity contribution in [1.82, 2.24) is 10.3 Å². The molecule has 20 heavy (non-hydrogen) atoms. The maximum Gasteiger partial charge on any atom is 0.120 e. The highest BCUT2D eigenvalue weighted by Gasteiger charge is 2.06. The second kappa shape index (κ2) is 5.61. The zero-order chi connectivity index (χ0) is 13.9. The van der Waals surface area contributed by atoms with Crippen LogP contribution >= 0.6 is 11.3 Å². The van der Waals surface area contributed by atoms with Crippen LogP contribution in [0, 0.1) is 6.92 Å². The Morgan fingerprint density at radius 3 is 2.80 bits per heavy atom. The Morgan fingerprint density at radius 1 is 1.15 bits per heavy atom. The van der Waals surface area contributed by atoms with E-state index in [1.807, 2.05) is 36.6 Å². The van der Waals surface area contributed by atoms with E-state index in [-0.39, 0.29) is 0 Å². The van der Waals surface area contributed by atoms with Crippen LogP contribution in [0.2, 0.25) is 0 Å². The molecule has 3 aromatic rings. The summed E-state index contributed by atoms with van der Waals surface area (Å²) < 4.78 is 0. The number of nitrogens with one attached hydrogen (secondary N) is 1. The van der Waals surface area contributed by atoms with Gasteiger partial charge in [-0.3, -0.25) is 0 Å². The molecule has 2 N–H and O–H groups in total. The van der Waals surface area contributed by atoms with E-state index in [9.17, 15) is 5.11 Å². The highest BCUT2D eigenvalue weighted by atomic mass is 32.1. The number of aryl methyl sites for hydroxylation is 1. The molecule has 0 aliphatic carbocycles. The lowest BCUT2D eigenvalue weighted by atomic mass is 10.0. The van der Waals surface area contributed by atoms with Crippen molar-refractivity contribution in [2.24, 2.45) is 0 Å². The molecule has 4 heteroatoms. The standard InChI is InChI=1S/C16H16N2OS/c1-11-10-20-16(18-11)9-17-8-14-13-5-3-2-4-12(13)6-7-15(14)19/h2-7,10,17,19H,8-9H2,1H3. The maximum atomic E-state index is 10.1. The van der Waals surface area contributed by atoms with Gasteiger partial charge in [-0.2, -0.15) is 0 Å². The smallest absolute Gasteiger partial charge is 0.120 e. The van der Waals surface area contributed by atoms with Crippen LogP contribution in [-0.2, 0) is 13.1 Å². The molecule has 1 aromatic heterocycles. The van der Waals surface area contributed by atoms with Crippen LogP contribution in [0.5, 0.6) is 5.75 Å². The highest BCUT2D eigenvalue weighted by molar-refractivity contribution is 7.09. The summed E-state index contributed by atoms with van der Waals surface area (Å²) in [5.41, 5.74) is 2.00. The SMILES string of the molecule is Cc1csc(CNCc2c(O)ccc3ccccc23)n1. The average molecular weight is 284 g/mol. The van der Waals surface area contributed by atoms with Gasteiger partial charge in [0.1, 0.15) is 10.8 Å². The van der Waals surface area contributed by atoms with Gasteiger partial charge in [-0.1, -0.05) is 30.3 Å². The van der Waals surface area contributed by atoms with Crippen LogP contribution in [0.3, 0.4) is 0 Å². The second-order valence-corrected chi connectivity index (χ2v) is 5.71. The fraction of sp³-hybridized carbons (Fsp3) is 0.188. The third-order valence-corrected chi connectivity index (χ3v) is 4.23. The van der Waals surface area contributed by atoms with Gasteiger partial charge < -0.3 is 10.4 Å². The fourth-order valence-electron chi connectivity index (χ4n) is 2.29. The zero-order valence-electron chi connectivity index (χ0n) is 11.3. The summed E-state index contributed by atoms with van der Waals surface area (Å²) >= 11 is 1.66. The molecule has 3 nitrogen and oxygen atoms in total. The molecule has 0 amide bonds. The summed E-state index contributed by atoms with van der Waals surface area (Å²) in [4.78, 5) is 4.42. The van der Waals surface area contributed by atoms with Crippen molar-refractivity contribution in [1.29, 1.82) is 0 Å². The number of benzene rings is 2. The van der Waals surface area contributed by atoms with Gasteiger partial charge in [0.25, 0.3) is 0 Å². The minimum Gasteiger partial charge on any atom is -0.508 e. The van der Waals surface area contributed by atoms with Crippen LogP contribution in [0.25, 0.3) is 10.8 Å². The predicted molar refractivity (Wildman–Crippen MR) is 83.0 cm³/mol. The van der Waals surface area contributed by atoms with Crippen LogP contribution in [0.1, 0.15) is 16.3 Å². The van der Waals surface area contributed by atoms with E-state index in [1.54, 1.807) is 17.4 Å². The minimum atomic E-state index is 0.339. The molecule has 0 unspecified atom stereocenters. The Labute approximate surface area is 121 Å². The number of aromatic hydroxyl groups is 1. The lowest BCUT2D eigenvalue weighted by Gasteiger charge is -2.09. The number of thiazole rings is 1. The van der Waals surface area contributed by atoms with Crippen molar-refractivity contribution >= 4 is 22.1 Å². The first kappa shape index (κ1) is 13.1. The number of hydrogen-bond acceptors (Lipinski definition) is 4. The van der Waals surface area contributed by atoms with Crippen molar-refractivity contribution in [3.8, 4) is 5.75 Å². The van der Waals surface area contributed by atoms with E-state index in [1.165, 1.54) is 0 Å². The summed E-state index contributed by atoms with van der Waals surface area (Å²) in [6.45, 7) is 3.35. The third kappa shape index (κ3) is 2.66. The average Bonchev–Trinajstić information content (AvgIpc) is 2.87. The number of rotatable bonds is 4. The summed E-state index contributed by atoms with van der Waals surface area (Å²) in [7, 11) is 0. The number of phenols is 1. The van der Waals surface area contributed by atoms with Crippen molar-refractivity contribution in [3.05, 3.63) is 58.0 Å². The van der Waals surface area contributed by atoms with Crippen molar-refractivity contribution in [2.75, 3.05) is 0 Å². The van der Waals surface area contributed by atoms with E-state index >= 15 is 0 Å². The van der Waals surface area contributed by atoms with Crippen LogP contribution in [-0.4, -0.2) is 10.1 Å². The van der Waals surface area contributed by atoms with E-state index in [0.29, 0.717) is 12.3 Å². The molecule has 0 spiro atoms. The van der Waals surface area contributed by atoms with E-state index in [4.69, 9.17) is 0 Å². The maximum absolute atomic E-state index is 10.1. The predicted octanol–water partition coefficient (Wildman–Crippen LogP) is 3.60. The summed E-state index contributed by atoms with van der Waals surface area (Å²) in [5.74, 6) is 0.339. The minimum absolute atomic E-state index is 0.339. The van der Waals surface area contributed by atoms with Crippen LogP contribution in [0.15, 0.2) is 41.8 Å². The fourth-order valence-corrected chi connectivity index (χ4v) is 3.03. The molecule has 0 saturated heterocycles. The Morgan fingerprint density at radius 2 is 2.00 bits per heavy atom. The quantitative estimate of drug-likeness (QED) is 0.769. The van der Waals surface area contributed by atoms with Gasteiger partial charge in [-0.25, -0.2) is 4.98 Å². The van der Waals surface area contributed by atoms with Crippen molar-refractivity contribution in [2.45, 2.75) is 20.0 Å². The number of nitrogens with zero attached hydrogens (tertiary/aromatic N) is 1. The van der Waals surface area contributed by atoms with Crippen molar-refractivity contribution in [3.63, 3.8) is 0 Å². The molecule has 0 bridgehead atoms. The van der Waals surface area contributed by atoms with Gasteiger partial charge in [0.2, 0.25) is 0 Å². The summed E-state index contributed by atoms with van der Waals surface area (Å²) in [6, 6.07) is 11.8. The lowest BCUT2D eigenvalue weighted by Crippen LogP contribution is -2.13. The van der Waals surface area contributed by atoms with Gasteiger partial charge >= 0.3 is 0 Å². The topological polar surface area (TPSA) is 45.1 Å². The monoisotopic (exact) mass is 284 g/mol. The number of hydrogen-bond donors (Lipinski definition) is 2. The number of phenolic OH excluding ortho intramolecular Hbond substituents is 1. The normalized spacial score (nSPS) is 11.1. The molecular weight excluding hydrogens is 268 g/mol. The molecular formula is C16H16N2OS. The Bertz CT molecular complexity index is 736. The Kier molecular flexibility index (Phi) is 3.67. The van der Waals surface area contributed by atoms with E-state index < -0.39 is 0 Å². The molecule has 0 aliphatic heterocycles. The van der Waals surface area contributed by atoms with E-state index in [0.717, 1.165) is 33.6 Å². The van der Waals surface area contributed by atoms with Crippen LogP contribution < -0.4 is 5.32 Å². The first-order valence-electron chi connectivity index (χ1n) is 6.55. The van der Waals surface area contributed by atoms with Gasteiger partial charge in [0, 0.05) is 29.7 Å². The molecule has 0 saturated carbocycles. The number of fused-ring (bicyclic) bond motifs is 1. The first-order chi connectivity index (χ1) is 9.74. The highest BCUT2D eigenvalue weighted by Crippen LogP contribution is 2.26.